The minimum absolute atomic E-state index is 0.140. The van der Waals surface area contributed by atoms with E-state index in [-0.39, 0.29) is 11.8 Å². The Hall–Kier alpha value is -1.57. The normalized spacial score (nSPS) is 11.2. The zero-order valence-corrected chi connectivity index (χ0v) is 10.1. The fraction of sp³-hybridized carbons (Fsp3) is 0.357. The van der Waals surface area contributed by atoms with Gasteiger partial charge in [-0.25, -0.2) is 0 Å². The fourth-order valence-electron chi connectivity index (χ4n) is 2.05. The maximum Gasteiger partial charge on any atom is 0.304 e. The SMILES string of the molecule is C=Cc1ccc(C(C)(C)CC(=O)O)c(C)c1. The van der Waals surface area contributed by atoms with Gasteiger partial charge in [-0.3, -0.25) is 4.79 Å². The minimum atomic E-state index is -0.766. The van der Waals surface area contributed by atoms with Gasteiger partial charge in [-0.1, -0.05) is 44.7 Å². The lowest BCUT2D eigenvalue weighted by molar-refractivity contribution is -0.138. The van der Waals surface area contributed by atoms with E-state index in [9.17, 15) is 4.79 Å². The fourth-order valence-corrected chi connectivity index (χ4v) is 2.05. The van der Waals surface area contributed by atoms with Gasteiger partial charge in [0.2, 0.25) is 0 Å². The first-order chi connectivity index (χ1) is 7.36. The van der Waals surface area contributed by atoms with E-state index >= 15 is 0 Å². The molecule has 0 aliphatic heterocycles. The maximum absolute atomic E-state index is 10.8. The number of hydrogen-bond donors (Lipinski definition) is 1. The van der Waals surface area contributed by atoms with Crippen LogP contribution in [0.5, 0.6) is 0 Å². The number of rotatable bonds is 4. The highest BCUT2D eigenvalue weighted by molar-refractivity contribution is 5.69. The van der Waals surface area contributed by atoms with E-state index in [1.807, 2.05) is 39.0 Å². The van der Waals surface area contributed by atoms with Crippen molar-refractivity contribution in [1.29, 1.82) is 0 Å². The quantitative estimate of drug-likeness (QED) is 0.841. The maximum atomic E-state index is 10.8. The number of benzene rings is 1. The highest BCUT2D eigenvalue weighted by Crippen LogP contribution is 2.30. The zero-order valence-electron chi connectivity index (χ0n) is 10.1. The molecule has 0 heterocycles. The molecule has 1 rings (SSSR count). The second kappa shape index (κ2) is 4.52. The van der Waals surface area contributed by atoms with Gasteiger partial charge in [-0.15, -0.1) is 0 Å². The summed E-state index contributed by atoms with van der Waals surface area (Å²) >= 11 is 0. The first kappa shape index (κ1) is 12.5. The summed E-state index contributed by atoms with van der Waals surface area (Å²) in [7, 11) is 0. The molecular weight excluding hydrogens is 200 g/mol. The third-order valence-corrected chi connectivity index (χ3v) is 2.81. The van der Waals surface area contributed by atoms with Crippen LogP contribution in [-0.2, 0) is 10.2 Å². The average Bonchev–Trinajstić information content (AvgIpc) is 2.14. The zero-order chi connectivity index (χ0) is 12.3. The van der Waals surface area contributed by atoms with Crippen molar-refractivity contribution in [2.24, 2.45) is 0 Å². The molecule has 0 radical (unpaired) electrons. The summed E-state index contributed by atoms with van der Waals surface area (Å²) in [6, 6.07) is 6.00. The monoisotopic (exact) mass is 218 g/mol. The third kappa shape index (κ3) is 2.72. The van der Waals surface area contributed by atoms with Crippen LogP contribution in [0, 0.1) is 6.92 Å². The van der Waals surface area contributed by atoms with Gasteiger partial charge >= 0.3 is 5.97 Å². The number of carboxylic acids is 1. The molecule has 0 spiro atoms. The van der Waals surface area contributed by atoms with Crippen molar-refractivity contribution in [3.8, 4) is 0 Å². The van der Waals surface area contributed by atoms with Crippen LogP contribution in [0.25, 0.3) is 6.08 Å². The van der Waals surface area contributed by atoms with Crippen molar-refractivity contribution >= 4 is 12.0 Å². The van der Waals surface area contributed by atoms with Gasteiger partial charge in [-0.2, -0.15) is 0 Å². The molecule has 0 aliphatic rings. The number of aryl methyl sites for hydroxylation is 1. The Morgan fingerprint density at radius 3 is 2.56 bits per heavy atom. The van der Waals surface area contributed by atoms with E-state index < -0.39 is 5.97 Å². The smallest absolute Gasteiger partial charge is 0.304 e. The Bertz CT molecular complexity index is 417. The molecule has 0 amide bonds. The van der Waals surface area contributed by atoms with Crippen LogP contribution >= 0.6 is 0 Å². The van der Waals surface area contributed by atoms with Crippen LogP contribution in [0.2, 0.25) is 0 Å². The molecule has 1 aromatic rings. The molecule has 1 N–H and O–H groups in total. The molecule has 0 fully saturated rings. The average molecular weight is 218 g/mol. The second-order valence-electron chi connectivity index (χ2n) is 4.73. The Morgan fingerprint density at radius 1 is 1.50 bits per heavy atom. The van der Waals surface area contributed by atoms with E-state index in [0.717, 1.165) is 16.7 Å². The Kier molecular flexibility index (Phi) is 3.53. The summed E-state index contributed by atoms with van der Waals surface area (Å²) in [6.45, 7) is 9.63. The van der Waals surface area contributed by atoms with Crippen molar-refractivity contribution < 1.29 is 9.90 Å². The first-order valence-corrected chi connectivity index (χ1v) is 5.32. The predicted octanol–water partition coefficient (Wildman–Crippen LogP) is 3.39. The summed E-state index contributed by atoms with van der Waals surface area (Å²) in [6.07, 6.45) is 1.93. The number of aliphatic carboxylic acids is 1. The van der Waals surface area contributed by atoms with Crippen molar-refractivity contribution in [2.45, 2.75) is 32.6 Å². The minimum Gasteiger partial charge on any atom is -0.481 e. The molecule has 0 saturated carbocycles. The largest absolute Gasteiger partial charge is 0.481 e. The third-order valence-electron chi connectivity index (χ3n) is 2.81. The molecule has 0 bridgehead atoms. The van der Waals surface area contributed by atoms with Gasteiger partial charge in [0, 0.05) is 5.41 Å². The lowest BCUT2D eigenvalue weighted by Crippen LogP contribution is -2.22. The number of carbonyl (C=O) groups is 1. The molecule has 2 heteroatoms. The van der Waals surface area contributed by atoms with Crippen molar-refractivity contribution in [2.75, 3.05) is 0 Å². The topological polar surface area (TPSA) is 37.3 Å². The van der Waals surface area contributed by atoms with E-state index in [2.05, 4.69) is 6.58 Å². The molecule has 86 valence electrons. The van der Waals surface area contributed by atoms with E-state index in [4.69, 9.17) is 5.11 Å². The molecule has 0 aliphatic carbocycles. The van der Waals surface area contributed by atoms with Gasteiger partial charge in [0.1, 0.15) is 0 Å². The van der Waals surface area contributed by atoms with Crippen LogP contribution in [0.1, 0.15) is 37.0 Å². The summed E-state index contributed by atoms with van der Waals surface area (Å²) < 4.78 is 0. The van der Waals surface area contributed by atoms with Gasteiger partial charge in [0.15, 0.2) is 0 Å². The molecule has 1 aromatic carbocycles. The van der Waals surface area contributed by atoms with E-state index in [1.54, 1.807) is 6.08 Å². The predicted molar refractivity (Wildman–Crippen MR) is 66.5 cm³/mol. The number of hydrogen-bond acceptors (Lipinski definition) is 1. The summed E-state index contributed by atoms with van der Waals surface area (Å²) in [5.74, 6) is -0.766. The van der Waals surface area contributed by atoms with Crippen molar-refractivity contribution in [3.05, 3.63) is 41.5 Å². The molecule has 0 atom stereocenters. The van der Waals surface area contributed by atoms with Crippen LogP contribution in [0.3, 0.4) is 0 Å². The van der Waals surface area contributed by atoms with Crippen LogP contribution in [-0.4, -0.2) is 11.1 Å². The highest BCUT2D eigenvalue weighted by atomic mass is 16.4. The van der Waals surface area contributed by atoms with E-state index in [1.165, 1.54) is 0 Å². The van der Waals surface area contributed by atoms with Crippen molar-refractivity contribution in [1.82, 2.24) is 0 Å². The molecule has 16 heavy (non-hydrogen) atoms. The first-order valence-electron chi connectivity index (χ1n) is 5.32. The van der Waals surface area contributed by atoms with Crippen LogP contribution in [0.15, 0.2) is 24.8 Å². The van der Waals surface area contributed by atoms with Crippen LogP contribution in [0.4, 0.5) is 0 Å². The van der Waals surface area contributed by atoms with Gasteiger partial charge in [0.25, 0.3) is 0 Å². The molecule has 0 aromatic heterocycles. The Labute approximate surface area is 96.6 Å². The number of carboxylic acid groups (broad SMARTS) is 1. The molecule has 0 saturated heterocycles. The van der Waals surface area contributed by atoms with Gasteiger partial charge < -0.3 is 5.11 Å². The summed E-state index contributed by atoms with van der Waals surface area (Å²) in [5, 5.41) is 8.89. The van der Waals surface area contributed by atoms with Crippen LogP contribution < -0.4 is 0 Å². The highest BCUT2D eigenvalue weighted by Gasteiger charge is 2.25. The lowest BCUT2D eigenvalue weighted by atomic mass is 9.79. The molecule has 2 nitrogen and oxygen atoms in total. The van der Waals surface area contributed by atoms with E-state index in [0.29, 0.717) is 0 Å². The van der Waals surface area contributed by atoms with Gasteiger partial charge in [-0.05, 0) is 23.6 Å². The van der Waals surface area contributed by atoms with Crippen molar-refractivity contribution in [3.63, 3.8) is 0 Å². The lowest BCUT2D eigenvalue weighted by Gasteiger charge is -2.25. The molecule has 0 unspecified atom stereocenters. The second-order valence-corrected chi connectivity index (χ2v) is 4.73. The summed E-state index contributed by atoms with van der Waals surface area (Å²) in [4.78, 5) is 10.8. The summed E-state index contributed by atoms with van der Waals surface area (Å²) in [5.41, 5.74) is 2.92. The van der Waals surface area contributed by atoms with Gasteiger partial charge in [0.05, 0.1) is 6.42 Å². The standard InChI is InChI=1S/C14H18O2/c1-5-11-6-7-12(10(2)8-11)14(3,4)9-13(15)16/h5-8H,1,9H2,2-4H3,(H,15,16). The Morgan fingerprint density at radius 2 is 2.12 bits per heavy atom. The molecular formula is C14H18O2. The Balaban J connectivity index is 3.12.